The number of nitrogens with one attached hydrogen (secondary N) is 1. The maximum absolute atomic E-state index is 12.6. The van der Waals surface area contributed by atoms with Gasteiger partial charge in [0.15, 0.2) is 0 Å². The van der Waals surface area contributed by atoms with Gasteiger partial charge < -0.3 is 10.1 Å². The number of benzene rings is 2. The van der Waals surface area contributed by atoms with Crippen molar-refractivity contribution in [2.45, 2.75) is 0 Å². The number of H-pyrrole nitrogens is 1. The van der Waals surface area contributed by atoms with Crippen LogP contribution in [-0.4, -0.2) is 15.9 Å². The molecule has 0 unspecified atom stereocenters. The van der Waals surface area contributed by atoms with Crippen molar-refractivity contribution in [3.63, 3.8) is 0 Å². The number of fused-ring (bicyclic) bond motifs is 1. The highest BCUT2D eigenvalue weighted by Crippen LogP contribution is 2.25. The van der Waals surface area contributed by atoms with Gasteiger partial charge in [0.05, 0.1) is 0 Å². The van der Waals surface area contributed by atoms with Crippen LogP contribution in [0.15, 0.2) is 54.2 Å². The van der Waals surface area contributed by atoms with Crippen LogP contribution in [0.5, 0.6) is 5.75 Å². The summed E-state index contributed by atoms with van der Waals surface area (Å²) in [6, 6.07) is 13.4. The Balaban J connectivity index is 2.04. The Labute approximate surface area is 137 Å². The number of nitrogens with zero attached hydrogens (tertiary/aromatic N) is 1. The first-order valence-corrected chi connectivity index (χ1v) is 7.18. The van der Waals surface area contributed by atoms with Gasteiger partial charge in [-0.15, -0.1) is 0 Å². The van der Waals surface area contributed by atoms with Crippen LogP contribution in [-0.2, 0) is 0 Å². The number of nitriles is 1. The van der Waals surface area contributed by atoms with Gasteiger partial charge in [0.1, 0.15) is 17.4 Å². The second kappa shape index (κ2) is 5.99. The molecule has 1 aromatic heterocycles. The van der Waals surface area contributed by atoms with Gasteiger partial charge in [-0.05, 0) is 35.9 Å². The molecule has 0 bridgehead atoms. The van der Waals surface area contributed by atoms with Crippen LogP contribution in [0.4, 0.5) is 0 Å². The van der Waals surface area contributed by atoms with E-state index in [4.69, 9.17) is 11.6 Å². The number of Topliss-reactive ketones (excluding diaryl/α,β-unsaturated/α-hetero) is 1. The Kier molecular flexibility index (Phi) is 3.88. The van der Waals surface area contributed by atoms with Crippen molar-refractivity contribution in [1.29, 1.82) is 5.26 Å². The zero-order valence-corrected chi connectivity index (χ0v) is 12.6. The lowest BCUT2D eigenvalue weighted by atomic mass is 10.0. The number of aromatic nitrogens is 1. The molecule has 0 saturated heterocycles. The third-order valence-corrected chi connectivity index (χ3v) is 3.67. The van der Waals surface area contributed by atoms with Crippen LogP contribution in [0.25, 0.3) is 17.0 Å². The second-order valence-electron chi connectivity index (χ2n) is 4.99. The molecule has 23 heavy (non-hydrogen) atoms. The fourth-order valence-electron chi connectivity index (χ4n) is 2.36. The van der Waals surface area contributed by atoms with Crippen molar-refractivity contribution >= 4 is 34.4 Å². The summed E-state index contributed by atoms with van der Waals surface area (Å²) in [4.78, 5) is 15.6. The van der Waals surface area contributed by atoms with Crippen molar-refractivity contribution in [3.8, 4) is 11.8 Å². The SMILES string of the molecule is N#C/C(=C\c1cccc(O)c1)C(=O)c1c[nH]c2cc(Cl)ccc12. The van der Waals surface area contributed by atoms with Gasteiger partial charge in [0.25, 0.3) is 0 Å². The lowest BCUT2D eigenvalue weighted by molar-refractivity contribution is 0.104. The van der Waals surface area contributed by atoms with Gasteiger partial charge in [-0.25, -0.2) is 0 Å². The number of carbonyl (C=O) groups is 1. The lowest BCUT2D eigenvalue weighted by Gasteiger charge is -2.00. The van der Waals surface area contributed by atoms with Crippen LogP contribution in [0.2, 0.25) is 5.02 Å². The number of carbonyl (C=O) groups excluding carboxylic acids is 1. The average Bonchev–Trinajstić information content (AvgIpc) is 2.95. The van der Waals surface area contributed by atoms with Crippen LogP contribution < -0.4 is 0 Å². The fourth-order valence-corrected chi connectivity index (χ4v) is 2.53. The molecule has 0 amide bonds. The van der Waals surface area contributed by atoms with E-state index in [0.717, 1.165) is 5.52 Å². The summed E-state index contributed by atoms with van der Waals surface area (Å²) in [5, 5.41) is 20.1. The molecule has 3 aromatic rings. The molecule has 2 N–H and O–H groups in total. The highest BCUT2D eigenvalue weighted by Gasteiger charge is 2.16. The van der Waals surface area contributed by atoms with E-state index in [1.165, 1.54) is 18.2 Å². The molecule has 5 heteroatoms. The first kappa shape index (κ1) is 14.9. The molecule has 4 nitrogen and oxygen atoms in total. The standard InChI is InChI=1S/C18H11ClN2O2/c19-13-4-5-15-16(10-21-17(15)8-13)18(23)12(9-20)6-11-2-1-3-14(22)7-11/h1-8,10,21-22H/b12-6+. The highest BCUT2D eigenvalue weighted by atomic mass is 35.5. The minimum Gasteiger partial charge on any atom is -0.508 e. The zero-order valence-electron chi connectivity index (χ0n) is 11.9. The van der Waals surface area contributed by atoms with Gasteiger partial charge in [-0.2, -0.15) is 5.26 Å². The van der Waals surface area contributed by atoms with Crippen LogP contribution in [0.3, 0.4) is 0 Å². The van der Waals surface area contributed by atoms with E-state index in [1.807, 2.05) is 6.07 Å². The van der Waals surface area contributed by atoms with Crippen LogP contribution >= 0.6 is 11.6 Å². The molecule has 1 heterocycles. The van der Waals surface area contributed by atoms with Crippen molar-refractivity contribution in [2.75, 3.05) is 0 Å². The number of ketones is 1. The molecule has 0 aliphatic rings. The number of phenolic OH excluding ortho intramolecular Hbond substituents is 1. The third-order valence-electron chi connectivity index (χ3n) is 3.43. The van der Waals surface area contributed by atoms with Gasteiger partial charge >= 0.3 is 0 Å². The van der Waals surface area contributed by atoms with Crippen molar-refractivity contribution < 1.29 is 9.90 Å². The van der Waals surface area contributed by atoms with Crippen molar-refractivity contribution in [2.24, 2.45) is 0 Å². The summed E-state index contributed by atoms with van der Waals surface area (Å²) >= 11 is 5.93. The number of hydrogen-bond donors (Lipinski definition) is 2. The number of aromatic hydroxyl groups is 1. The monoisotopic (exact) mass is 322 g/mol. The Morgan fingerprint density at radius 3 is 2.83 bits per heavy atom. The number of hydrogen-bond acceptors (Lipinski definition) is 3. The predicted molar refractivity (Wildman–Crippen MR) is 89.3 cm³/mol. The summed E-state index contributed by atoms with van der Waals surface area (Å²) in [5.74, 6) is -0.311. The molecule has 0 aliphatic heterocycles. The summed E-state index contributed by atoms with van der Waals surface area (Å²) in [7, 11) is 0. The minimum atomic E-state index is -0.385. The quantitative estimate of drug-likeness (QED) is 0.428. The first-order valence-electron chi connectivity index (χ1n) is 6.80. The number of aromatic amines is 1. The molecular formula is C18H11ClN2O2. The normalized spacial score (nSPS) is 11.4. The van der Waals surface area contributed by atoms with Gasteiger partial charge in [-0.1, -0.05) is 29.8 Å². The lowest BCUT2D eigenvalue weighted by Crippen LogP contribution is -2.01. The van der Waals surface area contributed by atoms with E-state index < -0.39 is 0 Å². The zero-order chi connectivity index (χ0) is 16.4. The maximum Gasteiger partial charge on any atom is 0.205 e. The summed E-state index contributed by atoms with van der Waals surface area (Å²) in [6.45, 7) is 0. The number of halogens is 1. The number of rotatable bonds is 3. The molecule has 0 fully saturated rings. The fraction of sp³-hybridized carbons (Fsp3) is 0. The van der Waals surface area contributed by atoms with E-state index in [1.54, 1.807) is 36.5 Å². The Morgan fingerprint density at radius 2 is 2.09 bits per heavy atom. The number of allylic oxidation sites excluding steroid dienone is 1. The molecule has 0 radical (unpaired) electrons. The van der Waals surface area contributed by atoms with E-state index in [9.17, 15) is 15.2 Å². The van der Waals surface area contributed by atoms with E-state index in [-0.39, 0.29) is 17.1 Å². The smallest absolute Gasteiger partial charge is 0.205 e. The molecule has 3 rings (SSSR count). The third kappa shape index (κ3) is 2.96. The first-order chi connectivity index (χ1) is 11.1. The Hall–Kier alpha value is -3.03. The second-order valence-corrected chi connectivity index (χ2v) is 5.42. The van der Waals surface area contributed by atoms with Crippen LogP contribution in [0.1, 0.15) is 15.9 Å². The Bertz CT molecular complexity index is 980. The van der Waals surface area contributed by atoms with Crippen molar-refractivity contribution in [3.05, 3.63) is 70.4 Å². The summed E-state index contributed by atoms with van der Waals surface area (Å²) in [5.41, 5.74) is 1.71. The van der Waals surface area contributed by atoms with E-state index in [2.05, 4.69) is 4.98 Å². The van der Waals surface area contributed by atoms with Crippen LogP contribution in [0, 0.1) is 11.3 Å². The topological polar surface area (TPSA) is 76.9 Å². The molecule has 112 valence electrons. The maximum atomic E-state index is 12.6. The van der Waals surface area contributed by atoms with Crippen molar-refractivity contribution in [1.82, 2.24) is 4.98 Å². The predicted octanol–water partition coefficient (Wildman–Crippen LogP) is 4.32. The van der Waals surface area contributed by atoms with E-state index >= 15 is 0 Å². The molecule has 0 aliphatic carbocycles. The minimum absolute atomic E-state index is 0.00792. The van der Waals surface area contributed by atoms with E-state index in [0.29, 0.717) is 21.5 Å². The summed E-state index contributed by atoms with van der Waals surface area (Å²) in [6.07, 6.45) is 3.02. The molecule has 0 spiro atoms. The number of phenols is 1. The van der Waals surface area contributed by atoms with Gasteiger partial charge in [0, 0.05) is 27.7 Å². The largest absolute Gasteiger partial charge is 0.508 e. The Morgan fingerprint density at radius 1 is 1.26 bits per heavy atom. The molecule has 0 saturated carbocycles. The molecular weight excluding hydrogens is 312 g/mol. The average molecular weight is 323 g/mol. The molecule has 0 atom stereocenters. The molecule has 2 aromatic carbocycles. The van der Waals surface area contributed by atoms with Gasteiger partial charge in [0.2, 0.25) is 5.78 Å². The van der Waals surface area contributed by atoms with Gasteiger partial charge in [-0.3, -0.25) is 4.79 Å². The highest BCUT2D eigenvalue weighted by molar-refractivity contribution is 6.31. The summed E-state index contributed by atoms with van der Waals surface area (Å²) < 4.78 is 0.